The summed E-state index contributed by atoms with van der Waals surface area (Å²) in [7, 11) is 1.67. The van der Waals surface area contributed by atoms with Gasteiger partial charge in [0, 0.05) is 37.2 Å². The zero-order valence-electron chi connectivity index (χ0n) is 17.7. The third-order valence-electron chi connectivity index (χ3n) is 4.77. The molecule has 0 aliphatic carbocycles. The lowest BCUT2D eigenvalue weighted by Crippen LogP contribution is -2.45. The Labute approximate surface area is 204 Å². The van der Waals surface area contributed by atoms with Crippen LogP contribution >= 0.6 is 35.6 Å². The number of carbonyl (C=O) groups excluding carboxylic acids is 1. The van der Waals surface area contributed by atoms with Gasteiger partial charge in [-0.25, -0.2) is 0 Å². The molecule has 1 unspecified atom stereocenters. The molecule has 1 aliphatic rings. The van der Waals surface area contributed by atoms with E-state index in [1.165, 1.54) is 6.26 Å². The maximum atomic E-state index is 11.9. The van der Waals surface area contributed by atoms with Crippen LogP contribution < -0.4 is 25.6 Å². The molecule has 10 heteroatoms. The zero-order valence-corrected chi connectivity index (χ0v) is 20.8. The summed E-state index contributed by atoms with van der Waals surface area (Å²) >= 11 is 6.18. The first kappa shape index (κ1) is 25.1. The number of ether oxygens (including phenoxy) is 1. The molecule has 1 aliphatic heterocycles. The lowest BCUT2D eigenvalue weighted by atomic mass is 10.2. The van der Waals surface area contributed by atoms with Crippen molar-refractivity contribution in [2.75, 3.05) is 44.7 Å². The second kappa shape index (κ2) is 12.7. The first-order valence-corrected chi connectivity index (χ1v) is 10.4. The number of methoxy groups -OCH3 is 1. The number of aliphatic imine (C=N–C) groups is 1. The minimum atomic E-state index is -0.241. The first-order chi connectivity index (χ1) is 14.6. The Kier molecular flexibility index (Phi) is 10.3. The van der Waals surface area contributed by atoms with Crippen LogP contribution in [0.1, 0.15) is 23.9 Å². The molecule has 1 amide bonds. The van der Waals surface area contributed by atoms with E-state index in [4.69, 9.17) is 20.8 Å². The normalized spacial score (nSPS) is 15.9. The van der Waals surface area contributed by atoms with E-state index in [0.29, 0.717) is 23.9 Å². The van der Waals surface area contributed by atoms with Gasteiger partial charge in [0.15, 0.2) is 11.7 Å². The number of anilines is 1. The smallest absolute Gasteiger partial charge is 0.287 e. The average molecular weight is 562 g/mol. The summed E-state index contributed by atoms with van der Waals surface area (Å²) in [4.78, 5) is 18.7. The third-order valence-corrected chi connectivity index (χ3v) is 5.00. The molecule has 0 bridgehead atoms. The second-order valence-corrected chi connectivity index (χ2v) is 7.32. The number of nitrogens with one attached hydrogen (secondary N) is 3. The number of hydrogen-bond donors (Lipinski definition) is 3. The maximum absolute atomic E-state index is 11.9. The molecule has 1 atom stereocenters. The third kappa shape index (κ3) is 7.20. The van der Waals surface area contributed by atoms with Crippen LogP contribution in [0.15, 0.2) is 46.0 Å². The Bertz CT molecular complexity index is 863. The molecule has 1 saturated heterocycles. The minimum absolute atomic E-state index is 0. The number of halogens is 2. The number of guanidine groups is 1. The minimum Gasteiger partial charge on any atom is -0.495 e. The molecule has 31 heavy (non-hydrogen) atoms. The van der Waals surface area contributed by atoms with Crippen LogP contribution in [0.3, 0.4) is 0 Å². The molecule has 1 aromatic heterocycles. The number of benzene rings is 1. The predicted octanol–water partition coefficient (Wildman–Crippen LogP) is 3.12. The largest absolute Gasteiger partial charge is 0.495 e. The first-order valence-electron chi connectivity index (χ1n) is 10.1. The summed E-state index contributed by atoms with van der Waals surface area (Å²) in [5, 5.41) is 10.2. The van der Waals surface area contributed by atoms with Crippen molar-refractivity contribution in [1.29, 1.82) is 0 Å². The fraction of sp³-hybridized carbons (Fsp3) is 0.429. The number of nitrogens with zero attached hydrogens (tertiary/aromatic N) is 2. The van der Waals surface area contributed by atoms with Crippen LogP contribution in [0.4, 0.5) is 5.69 Å². The summed E-state index contributed by atoms with van der Waals surface area (Å²) in [6.45, 7) is 5.37. The molecular weight excluding hydrogens is 533 g/mol. The summed E-state index contributed by atoms with van der Waals surface area (Å²) in [6, 6.07) is 9.21. The molecule has 0 spiro atoms. The lowest BCUT2D eigenvalue weighted by Gasteiger charge is -2.22. The van der Waals surface area contributed by atoms with Crippen molar-refractivity contribution in [3.8, 4) is 5.75 Å². The quantitative estimate of drug-likeness (QED) is 0.199. The van der Waals surface area contributed by atoms with Gasteiger partial charge in [0.1, 0.15) is 5.75 Å². The summed E-state index contributed by atoms with van der Waals surface area (Å²) in [5.41, 5.74) is 0.997. The van der Waals surface area contributed by atoms with Crippen LogP contribution in [-0.4, -0.2) is 57.7 Å². The van der Waals surface area contributed by atoms with E-state index in [0.717, 1.165) is 43.5 Å². The van der Waals surface area contributed by atoms with Gasteiger partial charge in [-0.1, -0.05) is 11.6 Å². The van der Waals surface area contributed by atoms with Gasteiger partial charge < -0.3 is 30.0 Å². The molecule has 2 heterocycles. The predicted molar refractivity (Wildman–Crippen MR) is 134 cm³/mol. The zero-order chi connectivity index (χ0) is 21.3. The number of carbonyl (C=O) groups is 1. The molecule has 0 radical (unpaired) electrons. The SMILES string of the molecule is CCNC(=NCCNC(=O)c1ccco1)NC1CCN(c2cc(Cl)ccc2OC)C1.I. The van der Waals surface area contributed by atoms with Gasteiger partial charge in [-0.15, -0.1) is 24.0 Å². The van der Waals surface area contributed by atoms with Gasteiger partial charge in [-0.2, -0.15) is 0 Å². The standard InChI is InChI=1S/C21H28ClN5O3.HI/c1-3-23-21(25-10-9-24-20(28)19-5-4-12-30-19)26-16-8-11-27(14-16)17-13-15(22)6-7-18(17)29-2;/h4-7,12-13,16H,3,8-11,14H2,1-2H3,(H,24,28)(H2,23,25,26);1H. The maximum Gasteiger partial charge on any atom is 0.287 e. The van der Waals surface area contributed by atoms with Gasteiger partial charge in [0.2, 0.25) is 0 Å². The van der Waals surface area contributed by atoms with Gasteiger partial charge in [0.05, 0.1) is 25.6 Å². The van der Waals surface area contributed by atoms with Gasteiger partial charge in [0.25, 0.3) is 5.91 Å². The average Bonchev–Trinajstić information content (AvgIpc) is 3.43. The molecule has 3 N–H and O–H groups in total. The second-order valence-electron chi connectivity index (χ2n) is 6.89. The summed E-state index contributed by atoms with van der Waals surface area (Å²) < 4.78 is 10.6. The van der Waals surface area contributed by atoms with E-state index in [1.807, 2.05) is 25.1 Å². The van der Waals surface area contributed by atoms with Crippen molar-refractivity contribution in [3.05, 3.63) is 47.4 Å². The molecular formula is C21H29ClIN5O3. The number of amides is 1. The Morgan fingerprint density at radius 2 is 2.19 bits per heavy atom. The topological polar surface area (TPSA) is 91.1 Å². The van der Waals surface area contributed by atoms with Gasteiger partial charge in [-0.05, 0) is 43.7 Å². The highest BCUT2D eigenvalue weighted by Crippen LogP contribution is 2.33. The number of furan rings is 1. The van der Waals surface area contributed by atoms with Crippen molar-refractivity contribution < 1.29 is 13.9 Å². The molecule has 3 rings (SSSR count). The van der Waals surface area contributed by atoms with E-state index in [2.05, 4.69) is 25.8 Å². The van der Waals surface area contributed by atoms with Crippen LogP contribution in [0, 0.1) is 0 Å². The van der Waals surface area contributed by atoms with E-state index in [9.17, 15) is 4.79 Å². The molecule has 1 fully saturated rings. The van der Waals surface area contributed by atoms with E-state index in [-0.39, 0.29) is 35.9 Å². The fourth-order valence-corrected chi connectivity index (χ4v) is 3.52. The van der Waals surface area contributed by atoms with Gasteiger partial charge in [-0.3, -0.25) is 9.79 Å². The van der Waals surface area contributed by atoms with Gasteiger partial charge >= 0.3 is 0 Å². The van der Waals surface area contributed by atoms with Crippen molar-refractivity contribution in [1.82, 2.24) is 16.0 Å². The highest BCUT2D eigenvalue weighted by atomic mass is 127. The number of rotatable bonds is 8. The summed E-state index contributed by atoms with van der Waals surface area (Å²) in [5.74, 6) is 1.60. The monoisotopic (exact) mass is 561 g/mol. The van der Waals surface area contributed by atoms with E-state index in [1.54, 1.807) is 19.2 Å². The molecule has 8 nitrogen and oxygen atoms in total. The highest BCUT2D eigenvalue weighted by molar-refractivity contribution is 14.0. The Morgan fingerprint density at radius 3 is 2.90 bits per heavy atom. The van der Waals surface area contributed by atoms with Crippen molar-refractivity contribution in [2.24, 2.45) is 4.99 Å². The lowest BCUT2D eigenvalue weighted by molar-refractivity contribution is 0.0927. The van der Waals surface area contributed by atoms with Crippen molar-refractivity contribution in [2.45, 2.75) is 19.4 Å². The van der Waals surface area contributed by atoms with Crippen LogP contribution in [0.5, 0.6) is 5.75 Å². The van der Waals surface area contributed by atoms with Crippen molar-refractivity contribution >= 4 is 53.1 Å². The molecule has 1 aromatic carbocycles. The van der Waals surface area contributed by atoms with E-state index >= 15 is 0 Å². The fourth-order valence-electron chi connectivity index (χ4n) is 3.35. The highest BCUT2D eigenvalue weighted by Gasteiger charge is 2.25. The Hall–Kier alpha value is -2.14. The van der Waals surface area contributed by atoms with Crippen LogP contribution in [0.25, 0.3) is 0 Å². The Balaban J connectivity index is 0.00000341. The van der Waals surface area contributed by atoms with Crippen molar-refractivity contribution in [3.63, 3.8) is 0 Å². The van der Waals surface area contributed by atoms with E-state index < -0.39 is 0 Å². The Morgan fingerprint density at radius 1 is 1.35 bits per heavy atom. The molecule has 2 aromatic rings. The molecule has 0 saturated carbocycles. The van der Waals surface area contributed by atoms with Crippen LogP contribution in [-0.2, 0) is 0 Å². The number of hydrogen-bond acceptors (Lipinski definition) is 5. The summed E-state index contributed by atoms with van der Waals surface area (Å²) in [6.07, 6.45) is 2.44. The molecule has 170 valence electrons. The van der Waals surface area contributed by atoms with Crippen LogP contribution in [0.2, 0.25) is 5.02 Å².